The number of hydrogen-bond acceptors (Lipinski definition) is 6. The number of rotatable bonds is 7. The van der Waals surface area contributed by atoms with Crippen LogP contribution in [0.5, 0.6) is 11.5 Å². The smallest absolute Gasteiger partial charge is 0.343 e. The van der Waals surface area contributed by atoms with Gasteiger partial charge in [-0.1, -0.05) is 17.7 Å². The van der Waals surface area contributed by atoms with Crippen molar-refractivity contribution in [3.05, 3.63) is 70.3 Å². The van der Waals surface area contributed by atoms with Gasteiger partial charge < -0.3 is 19.5 Å². The van der Waals surface area contributed by atoms with Crippen molar-refractivity contribution >= 4 is 23.5 Å². The Morgan fingerprint density at radius 2 is 1.88 bits per heavy atom. The lowest BCUT2D eigenvalue weighted by atomic mass is 10.1. The van der Waals surface area contributed by atoms with Crippen molar-refractivity contribution in [3.8, 4) is 17.2 Å². The molecule has 3 aromatic rings. The lowest BCUT2D eigenvalue weighted by molar-refractivity contribution is -0.124. The van der Waals surface area contributed by atoms with Crippen molar-refractivity contribution in [2.75, 3.05) is 26.4 Å². The number of benzene rings is 2. The summed E-state index contributed by atoms with van der Waals surface area (Å²) in [7, 11) is 0. The quantitative estimate of drug-likeness (QED) is 0.530. The third-order valence-electron chi connectivity index (χ3n) is 4.96. The number of aromatic nitrogens is 2. The number of halogens is 2. The molecule has 1 aliphatic rings. The van der Waals surface area contributed by atoms with Crippen LogP contribution in [0.2, 0.25) is 5.15 Å². The summed E-state index contributed by atoms with van der Waals surface area (Å²) in [5.41, 5.74) is 1.84. The predicted molar refractivity (Wildman–Crippen MR) is 118 cm³/mol. The molecule has 0 fully saturated rings. The molecule has 10 heteroatoms. The molecule has 172 valence electrons. The molecule has 0 radical (unpaired) electrons. The zero-order chi connectivity index (χ0) is 23.4. The topological polar surface area (TPSA) is 91.7 Å². The molecule has 4 rings (SSSR count). The Kier molecular flexibility index (Phi) is 6.79. The average Bonchev–Trinajstić information content (AvgIpc) is 3.11. The van der Waals surface area contributed by atoms with Gasteiger partial charge in [0, 0.05) is 6.54 Å². The van der Waals surface area contributed by atoms with Gasteiger partial charge in [-0.3, -0.25) is 4.79 Å². The molecule has 0 saturated carbocycles. The number of nitrogens with one attached hydrogen (secondary N) is 1. The Balaban J connectivity index is 1.29. The van der Waals surface area contributed by atoms with Crippen LogP contribution >= 0.6 is 11.6 Å². The molecule has 1 amide bonds. The molecule has 33 heavy (non-hydrogen) atoms. The number of amides is 1. The van der Waals surface area contributed by atoms with E-state index in [2.05, 4.69) is 10.4 Å². The van der Waals surface area contributed by atoms with E-state index in [0.29, 0.717) is 49.1 Å². The fourth-order valence-corrected chi connectivity index (χ4v) is 3.68. The summed E-state index contributed by atoms with van der Waals surface area (Å²) in [5, 5.41) is 6.94. The van der Waals surface area contributed by atoms with Gasteiger partial charge in [-0.2, -0.15) is 5.10 Å². The number of ether oxygens (including phenoxy) is 3. The minimum Gasteiger partial charge on any atom is -0.486 e. The summed E-state index contributed by atoms with van der Waals surface area (Å²) < 4.78 is 30.6. The number of esters is 1. The Hall–Kier alpha value is -3.59. The van der Waals surface area contributed by atoms with Gasteiger partial charge in [0.2, 0.25) is 0 Å². The molecule has 0 aliphatic carbocycles. The molecule has 1 aromatic heterocycles. The fraction of sp³-hybridized carbons (Fsp3) is 0.261. The first-order chi connectivity index (χ1) is 15.9. The molecule has 1 N–H and O–H groups in total. The zero-order valence-electron chi connectivity index (χ0n) is 17.8. The molecule has 0 saturated heterocycles. The molecule has 0 atom stereocenters. The minimum absolute atomic E-state index is 0.0168. The summed E-state index contributed by atoms with van der Waals surface area (Å²) in [6.45, 7) is 2.52. The number of fused-ring (bicyclic) bond motifs is 1. The van der Waals surface area contributed by atoms with E-state index in [-0.39, 0.29) is 10.7 Å². The van der Waals surface area contributed by atoms with E-state index < -0.39 is 24.3 Å². The zero-order valence-corrected chi connectivity index (χ0v) is 18.5. The maximum absolute atomic E-state index is 13.2. The van der Waals surface area contributed by atoms with Crippen LogP contribution in [0.15, 0.2) is 42.5 Å². The molecular formula is C23H21ClFN3O5. The highest BCUT2D eigenvalue weighted by molar-refractivity contribution is 6.33. The molecule has 1 aliphatic heterocycles. The van der Waals surface area contributed by atoms with Gasteiger partial charge in [0.1, 0.15) is 29.7 Å². The molecule has 0 bridgehead atoms. The molecule has 8 nitrogen and oxygen atoms in total. The molecular weight excluding hydrogens is 453 g/mol. The Morgan fingerprint density at radius 1 is 1.15 bits per heavy atom. The van der Waals surface area contributed by atoms with E-state index in [4.69, 9.17) is 25.8 Å². The third kappa shape index (κ3) is 5.25. The highest BCUT2D eigenvalue weighted by Crippen LogP contribution is 2.30. The van der Waals surface area contributed by atoms with Crippen molar-refractivity contribution < 1.29 is 28.2 Å². The minimum atomic E-state index is -0.771. The van der Waals surface area contributed by atoms with Crippen LogP contribution in [0.3, 0.4) is 0 Å². The SMILES string of the molecule is Cc1nn(-c2ccc(F)cc2)c(Cl)c1C(=O)OCC(=O)NCCc1ccc2c(c1)OCCO2. The van der Waals surface area contributed by atoms with Crippen LogP contribution in [0.25, 0.3) is 5.69 Å². The predicted octanol–water partition coefficient (Wildman–Crippen LogP) is 3.26. The summed E-state index contributed by atoms with van der Waals surface area (Å²) >= 11 is 6.30. The van der Waals surface area contributed by atoms with Crippen molar-refractivity contribution in [3.63, 3.8) is 0 Å². The summed E-state index contributed by atoms with van der Waals surface area (Å²) in [5.74, 6) is -0.225. The normalized spacial score (nSPS) is 12.3. The van der Waals surface area contributed by atoms with Crippen molar-refractivity contribution in [2.45, 2.75) is 13.3 Å². The number of hydrogen-bond donors (Lipinski definition) is 1. The number of carbonyl (C=O) groups excluding carboxylic acids is 2. The van der Waals surface area contributed by atoms with Gasteiger partial charge in [-0.25, -0.2) is 13.9 Å². The largest absolute Gasteiger partial charge is 0.486 e. The lowest BCUT2D eigenvalue weighted by Crippen LogP contribution is -2.30. The van der Waals surface area contributed by atoms with Gasteiger partial charge in [-0.15, -0.1) is 0 Å². The van der Waals surface area contributed by atoms with Gasteiger partial charge in [-0.05, 0) is 55.3 Å². The number of nitrogens with zero attached hydrogens (tertiary/aromatic N) is 2. The van der Waals surface area contributed by atoms with Crippen molar-refractivity contribution in [1.82, 2.24) is 15.1 Å². The van der Waals surface area contributed by atoms with Crippen molar-refractivity contribution in [2.24, 2.45) is 0 Å². The summed E-state index contributed by atoms with van der Waals surface area (Å²) in [6, 6.07) is 11.1. The first-order valence-electron chi connectivity index (χ1n) is 10.3. The first-order valence-corrected chi connectivity index (χ1v) is 10.6. The number of carbonyl (C=O) groups is 2. The van der Waals surface area contributed by atoms with Gasteiger partial charge in [0.15, 0.2) is 18.1 Å². The lowest BCUT2D eigenvalue weighted by Gasteiger charge is -2.18. The molecule has 0 unspecified atom stereocenters. The van der Waals surface area contributed by atoms with Crippen LogP contribution < -0.4 is 14.8 Å². The maximum Gasteiger partial charge on any atom is 0.343 e. The standard InChI is InChI=1S/C23H21ClFN3O5/c1-14-21(22(24)28(27-14)17-5-3-16(25)4-6-17)23(30)33-13-20(29)26-9-8-15-2-7-18-19(12-15)32-11-10-31-18/h2-7,12H,8-11,13H2,1H3,(H,26,29). The average molecular weight is 474 g/mol. The maximum atomic E-state index is 13.2. The number of aryl methyl sites for hydroxylation is 1. The van der Waals surface area contributed by atoms with E-state index in [9.17, 15) is 14.0 Å². The first kappa shape index (κ1) is 22.6. The van der Waals surface area contributed by atoms with Gasteiger partial charge >= 0.3 is 5.97 Å². The fourth-order valence-electron chi connectivity index (χ4n) is 3.33. The van der Waals surface area contributed by atoms with Crippen LogP contribution in [-0.2, 0) is 16.0 Å². The summed E-state index contributed by atoms with van der Waals surface area (Å²) in [6.07, 6.45) is 0.575. The Morgan fingerprint density at radius 3 is 2.64 bits per heavy atom. The highest BCUT2D eigenvalue weighted by atomic mass is 35.5. The second-order valence-corrected chi connectivity index (χ2v) is 7.65. The van der Waals surface area contributed by atoms with Crippen LogP contribution in [0, 0.1) is 12.7 Å². The van der Waals surface area contributed by atoms with Crippen molar-refractivity contribution in [1.29, 1.82) is 0 Å². The van der Waals surface area contributed by atoms with Gasteiger partial charge in [0.05, 0.1) is 11.4 Å². The Labute approximate surface area is 194 Å². The Bertz CT molecular complexity index is 1180. The molecule has 0 spiro atoms. The van der Waals surface area contributed by atoms with E-state index in [1.165, 1.54) is 28.9 Å². The van der Waals surface area contributed by atoms with Crippen LogP contribution in [-0.4, -0.2) is 48.0 Å². The molecule has 2 heterocycles. The van der Waals surface area contributed by atoms with Crippen LogP contribution in [0.4, 0.5) is 4.39 Å². The van der Waals surface area contributed by atoms with E-state index in [0.717, 1.165) is 5.56 Å². The highest BCUT2D eigenvalue weighted by Gasteiger charge is 2.23. The second kappa shape index (κ2) is 9.91. The van der Waals surface area contributed by atoms with E-state index >= 15 is 0 Å². The molecule has 2 aromatic carbocycles. The monoisotopic (exact) mass is 473 g/mol. The second-order valence-electron chi connectivity index (χ2n) is 7.29. The third-order valence-corrected chi connectivity index (χ3v) is 5.31. The van der Waals surface area contributed by atoms with Crippen LogP contribution in [0.1, 0.15) is 21.6 Å². The van der Waals surface area contributed by atoms with E-state index in [1.807, 2.05) is 18.2 Å². The van der Waals surface area contributed by atoms with Gasteiger partial charge in [0.25, 0.3) is 5.91 Å². The van der Waals surface area contributed by atoms with E-state index in [1.54, 1.807) is 6.92 Å². The summed E-state index contributed by atoms with van der Waals surface area (Å²) in [4.78, 5) is 24.6.